The number of nitrogens with zero attached hydrogens (tertiary/aromatic N) is 2. The Kier molecular flexibility index (Phi) is 9.84. The van der Waals surface area contributed by atoms with Crippen molar-refractivity contribution in [2.45, 2.75) is 25.9 Å². The van der Waals surface area contributed by atoms with Crippen LogP contribution < -0.4 is 0 Å². The van der Waals surface area contributed by atoms with Crippen molar-refractivity contribution >= 4 is 46.6 Å². The molecule has 0 aliphatic carbocycles. The summed E-state index contributed by atoms with van der Waals surface area (Å²) < 4.78 is 10.1. The highest BCUT2D eigenvalue weighted by Gasteiger charge is 2.24. The monoisotopic (exact) mass is 489 g/mol. The number of nitro benzene ring substituents is 1. The van der Waals surface area contributed by atoms with Gasteiger partial charge in [-0.3, -0.25) is 10.1 Å². The molecule has 0 radical (unpaired) electrons. The molecule has 0 fully saturated rings. The molecule has 1 atom stereocenters. The van der Waals surface area contributed by atoms with Crippen molar-refractivity contribution in [3.05, 3.63) is 73.8 Å². The summed E-state index contributed by atoms with van der Waals surface area (Å²) >= 11 is 17.7. The van der Waals surface area contributed by atoms with E-state index < -0.39 is 11.1 Å². The SMILES string of the molecule is C[N+](CCCCOC(=O)OCCl)(Cc1ccc([N+](=O)[O-])cc1)Cc1ccc(Cl)cc1Cl. The third-order valence-corrected chi connectivity index (χ3v) is 5.46. The third-order valence-electron chi connectivity index (χ3n) is 4.76. The molecule has 0 spiro atoms. The maximum atomic E-state index is 11.2. The van der Waals surface area contributed by atoms with Crippen molar-refractivity contribution in [3.63, 3.8) is 0 Å². The van der Waals surface area contributed by atoms with E-state index in [-0.39, 0.29) is 18.4 Å². The summed E-state index contributed by atoms with van der Waals surface area (Å²) in [6, 6.07) is 11.7. The first-order chi connectivity index (χ1) is 14.7. The van der Waals surface area contributed by atoms with Gasteiger partial charge in [-0.25, -0.2) is 4.79 Å². The number of rotatable bonds is 11. The Balaban J connectivity index is 2.08. The van der Waals surface area contributed by atoms with E-state index >= 15 is 0 Å². The Bertz CT molecular complexity index is 895. The zero-order valence-corrected chi connectivity index (χ0v) is 19.3. The third kappa shape index (κ3) is 8.53. The second kappa shape index (κ2) is 12.1. The number of alkyl halides is 1. The molecule has 0 saturated carbocycles. The fourth-order valence-corrected chi connectivity index (χ4v) is 3.83. The largest absolute Gasteiger partial charge is 0.509 e. The van der Waals surface area contributed by atoms with Gasteiger partial charge in [-0.15, -0.1) is 0 Å². The maximum absolute atomic E-state index is 11.2. The van der Waals surface area contributed by atoms with Gasteiger partial charge in [0.25, 0.3) is 5.69 Å². The maximum Gasteiger partial charge on any atom is 0.509 e. The first-order valence-electron chi connectivity index (χ1n) is 9.59. The van der Waals surface area contributed by atoms with Gasteiger partial charge in [-0.05, 0) is 37.1 Å². The molecule has 0 aromatic heterocycles. The smallest absolute Gasteiger partial charge is 0.434 e. The minimum Gasteiger partial charge on any atom is -0.434 e. The number of carbonyl (C=O) groups excluding carboxylic acids is 1. The summed E-state index contributed by atoms with van der Waals surface area (Å²) in [5, 5.41) is 12.1. The summed E-state index contributed by atoms with van der Waals surface area (Å²) in [5.74, 6) is 0. The standard InChI is InChI=1S/C21H24Cl3N2O5/c1-26(10-2-3-11-30-21(27)31-15-22,14-17-6-7-18(23)12-20(17)24)13-16-4-8-19(9-5-16)25(28)29/h4-9,12H,2-3,10-11,13-15H2,1H3/q+1. The summed E-state index contributed by atoms with van der Waals surface area (Å²) in [7, 11) is 2.09. The van der Waals surface area contributed by atoms with E-state index in [4.69, 9.17) is 39.5 Å². The van der Waals surface area contributed by atoms with Gasteiger partial charge in [0.1, 0.15) is 13.1 Å². The highest BCUT2D eigenvalue weighted by molar-refractivity contribution is 6.35. The molecule has 31 heavy (non-hydrogen) atoms. The molecule has 168 valence electrons. The lowest BCUT2D eigenvalue weighted by atomic mass is 10.1. The number of hydrogen-bond donors (Lipinski definition) is 0. The van der Waals surface area contributed by atoms with Crippen LogP contribution in [0.25, 0.3) is 0 Å². The lowest BCUT2D eigenvalue weighted by Crippen LogP contribution is -2.43. The van der Waals surface area contributed by atoms with Crippen LogP contribution in [-0.2, 0) is 22.6 Å². The van der Waals surface area contributed by atoms with Crippen LogP contribution in [0.2, 0.25) is 10.0 Å². The van der Waals surface area contributed by atoms with Crippen LogP contribution in [0, 0.1) is 10.1 Å². The molecule has 0 amide bonds. The number of quaternary nitrogens is 1. The van der Waals surface area contributed by atoms with Crippen molar-refractivity contribution < 1.29 is 23.7 Å². The Morgan fingerprint density at radius 1 is 1.06 bits per heavy atom. The molecule has 10 heteroatoms. The lowest BCUT2D eigenvalue weighted by Gasteiger charge is -2.35. The predicted molar refractivity (Wildman–Crippen MR) is 120 cm³/mol. The molecule has 0 bridgehead atoms. The topological polar surface area (TPSA) is 78.7 Å². The molecule has 0 aliphatic heterocycles. The van der Waals surface area contributed by atoms with E-state index in [9.17, 15) is 14.9 Å². The lowest BCUT2D eigenvalue weighted by molar-refractivity contribution is -0.935. The summed E-state index contributed by atoms with van der Waals surface area (Å²) in [6.07, 6.45) is 0.647. The molecule has 0 aliphatic rings. The number of non-ortho nitro benzene ring substituents is 1. The van der Waals surface area contributed by atoms with Crippen molar-refractivity contribution in [2.75, 3.05) is 26.3 Å². The van der Waals surface area contributed by atoms with Crippen LogP contribution in [0.4, 0.5) is 10.5 Å². The van der Waals surface area contributed by atoms with Gasteiger partial charge >= 0.3 is 6.16 Å². The second-order valence-electron chi connectivity index (χ2n) is 7.38. The van der Waals surface area contributed by atoms with Gasteiger partial charge < -0.3 is 14.0 Å². The van der Waals surface area contributed by atoms with Gasteiger partial charge in [-0.1, -0.05) is 40.9 Å². The quantitative estimate of drug-likeness (QED) is 0.0938. The Hall–Kier alpha value is -2.06. The van der Waals surface area contributed by atoms with Gasteiger partial charge in [-0.2, -0.15) is 0 Å². The van der Waals surface area contributed by atoms with Crippen LogP contribution in [0.5, 0.6) is 0 Å². The molecular weight excluding hydrogens is 467 g/mol. The number of ether oxygens (including phenoxy) is 2. The number of hydrogen-bond acceptors (Lipinski definition) is 5. The number of halogens is 3. The van der Waals surface area contributed by atoms with Crippen molar-refractivity contribution in [1.29, 1.82) is 0 Å². The number of unbranched alkanes of at least 4 members (excludes halogenated alkanes) is 1. The van der Waals surface area contributed by atoms with Crippen LogP contribution in [0.1, 0.15) is 24.0 Å². The molecular formula is C21H24Cl3N2O5+. The van der Waals surface area contributed by atoms with Gasteiger partial charge in [0.2, 0.25) is 0 Å². The van der Waals surface area contributed by atoms with Crippen LogP contribution in [-0.4, -0.2) is 41.8 Å². The van der Waals surface area contributed by atoms with Gasteiger partial charge in [0, 0.05) is 28.3 Å². The van der Waals surface area contributed by atoms with Crippen LogP contribution >= 0.6 is 34.8 Å². The van der Waals surface area contributed by atoms with Crippen molar-refractivity contribution in [3.8, 4) is 0 Å². The molecule has 7 nitrogen and oxygen atoms in total. The fourth-order valence-electron chi connectivity index (χ4n) is 3.28. The zero-order valence-electron chi connectivity index (χ0n) is 17.1. The van der Waals surface area contributed by atoms with Crippen molar-refractivity contribution in [2.24, 2.45) is 0 Å². The van der Waals surface area contributed by atoms with Crippen LogP contribution in [0.15, 0.2) is 42.5 Å². The van der Waals surface area contributed by atoms with E-state index in [0.717, 1.165) is 24.1 Å². The van der Waals surface area contributed by atoms with E-state index in [1.54, 1.807) is 24.3 Å². The molecule has 0 heterocycles. The van der Waals surface area contributed by atoms with Gasteiger partial charge in [0.15, 0.2) is 6.07 Å². The first kappa shape index (κ1) is 25.2. The Labute approximate surface area is 196 Å². The highest BCUT2D eigenvalue weighted by atomic mass is 35.5. The van der Waals surface area contributed by atoms with Gasteiger partial charge in [0.05, 0.1) is 30.1 Å². The number of benzene rings is 2. The minimum atomic E-state index is -0.786. The normalized spacial score (nSPS) is 12.8. The first-order valence-corrected chi connectivity index (χ1v) is 10.9. The molecule has 2 rings (SSSR count). The summed E-state index contributed by atoms with van der Waals surface area (Å²) in [4.78, 5) is 21.7. The van der Waals surface area contributed by atoms with E-state index in [1.807, 2.05) is 6.07 Å². The van der Waals surface area contributed by atoms with E-state index in [1.165, 1.54) is 12.1 Å². The Morgan fingerprint density at radius 3 is 2.39 bits per heavy atom. The molecule has 2 aromatic carbocycles. The average molecular weight is 491 g/mol. The summed E-state index contributed by atoms with van der Waals surface area (Å²) in [6.45, 7) is 2.28. The van der Waals surface area contributed by atoms with Crippen molar-refractivity contribution in [1.82, 2.24) is 0 Å². The van der Waals surface area contributed by atoms with E-state index in [0.29, 0.717) is 34.0 Å². The second-order valence-corrected chi connectivity index (χ2v) is 8.44. The fraction of sp³-hybridized carbons (Fsp3) is 0.381. The number of nitro groups is 1. The number of carbonyl (C=O) groups is 1. The minimum absolute atomic E-state index is 0.0553. The predicted octanol–water partition coefficient (Wildman–Crippen LogP) is 6.18. The summed E-state index contributed by atoms with van der Waals surface area (Å²) in [5.41, 5.74) is 1.98. The zero-order chi connectivity index (χ0) is 22.9. The molecule has 2 aromatic rings. The molecule has 0 saturated heterocycles. The van der Waals surface area contributed by atoms with Crippen LogP contribution in [0.3, 0.4) is 0 Å². The average Bonchev–Trinajstić information content (AvgIpc) is 2.70. The molecule has 1 unspecified atom stereocenters. The van der Waals surface area contributed by atoms with E-state index in [2.05, 4.69) is 11.8 Å². The highest BCUT2D eigenvalue weighted by Crippen LogP contribution is 2.26. The molecule has 0 N–H and O–H groups in total. The Morgan fingerprint density at radius 2 is 1.77 bits per heavy atom.